The van der Waals surface area contributed by atoms with E-state index in [1.54, 1.807) is 6.07 Å². The summed E-state index contributed by atoms with van der Waals surface area (Å²) in [4.78, 5) is 11.7. The van der Waals surface area contributed by atoms with Gasteiger partial charge < -0.3 is 5.32 Å². The van der Waals surface area contributed by atoms with Crippen LogP contribution in [0.4, 0.5) is 10.1 Å². The molecule has 1 amide bonds. The maximum atomic E-state index is 12.9. The van der Waals surface area contributed by atoms with Gasteiger partial charge in [-0.25, -0.2) is 4.39 Å². The van der Waals surface area contributed by atoms with Gasteiger partial charge in [-0.3, -0.25) is 4.79 Å². The zero-order valence-electron chi connectivity index (χ0n) is 10.6. The predicted octanol–water partition coefficient (Wildman–Crippen LogP) is 4.35. The van der Waals surface area contributed by atoms with Crippen molar-refractivity contribution in [2.24, 2.45) is 0 Å². The van der Waals surface area contributed by atoms with Gasteiger partial charge in [-0.15, -0.1) is 11.8 Å². The van der Waals surface area contributed by atoms with E-state index in [1.807, 2.05) is 30.3 Å². The molecule has 0 fully saturated rings. The molecule has 0 heterocycles. The molecule has 0 saturated heterocycles. The van der Waals surface area contributed by atoms with Gasteiger partial charge in [0.15, 0.2) is 0 Å². The Morgan fingerprint density at radius 3 is 2.65 bits per heavy atom. The first-order valence-corrected chi connectivity index (χ1v) is 7.55. The highest BCUT2D eigenvalue weighted by Gasteiger charge is 2.05. The summed E-state index contributed by atoms with van der Waals surface area (Å²) < 4.78 is 12.9. The summed E-state index contributed by atoms with van der Waals surface area (Å²) in [6.45, 7) is 0. The van der Waals surface area contributed by atoms with Crippen molar-refractivity contribution in [1.29, 1.82) is 0 Å². The Labute approximate surface area is 126 Å². The van der Waals surface area contributed by atoms with Gasteiger partial charge in [-0.1, -0.05) is 35.9 Å². The maximum absolute atomic E-state index is 12.9. The minimum atomic E-state index is -0.356. The molecule has 0 bridgehead atoms. The van der Waals surface area contributed by atoms with Gasteiger partial charge in [0.05, 0.1) is 5.75 Å². The summed E-state index contributed by atoms with van der Waals surface area (Å²) in [5.41, 5.74) is 1.60. The number of rotatable bonds is 5. The minimum Gasteiger partial charge on any atom is -0.325 e. The lowest BCUT2D eigenvalue weighted by Crippen LogP contribution is -2.14. The molecule has 2 aromatic carbocycles. The van der Waals surface area contributed by atoms with Crippen LogP contribution in [0.5, 0.6) is 0 Å². The highest BCUT2D eigenvalue weighted by atomic mass is 35.5. The minimum absolute atomic E-state index is 0.0700. The van der Waals surface area contributed by atoms with Gasteiger partial charge in [0.25, 0.3) is 0 Å². The summed E-state index contributed by atoms with van der Waals surface area (Å²) in [5.74, 6) is 0.467. The summed E-state index contributed by atoms with van der Waals surface area (Å²) in [5, 5.41) is 3.19. The number of carbonyl (C=O) groups excluding carboxylic acids is 1. The van der Waals surface area contributed by atoms with Crippen LogP contribution in [-0.4, -0.2) is 11.7 Å². The van der Waals surface area contributed by atoms with Crippen LogP contribution in [0, 0.1) is 5.82 Å². The normalized spacial score (nSPS) is 10.3. The van der Waals surface area contributed by atoms with Crippen LogP contribution in [0.2, 0.25) is 5.02 Å². The van der Waals surface area contributed by atoms with Crippen LogP contribution in [0.3, 0.4) is 0 Å². The standard InChI is InChI=1S/C15H13ClFNOS/c16-14-8-12(17)7-6-11(14)9-20-10-15(19)18-13-4-2-1-3-5-13/h1-8H,9-10H2,(H,18,19). The molecular formula is C15H13ClFNOS. The predicted molar refractivity (Wildman–Crippen MR) is 82.6 cm³/mol. The molecule has 2 nitrogen and oxygen atoms in total. The number of anilines is 1. The largest absolute Gasteiger partial charge is 0.325 e. The number of benzene rings is 2. The number of hydrogen-bond acceptors (Lipinski definition) is 2. The summed E-state index contributed by atoms with van der Waals surface area (Å²) in [6, 6.07) is 13.6. The summed E-state index contributed by atoms with van der Waals surface area (Å²) in [6.07, 6.45) is 0. The van der Waals surface area contributed by atoms with Crippen LogP contribution in [0.25, 0.3) is 0 Å². The van der Waals surface area contributed by atoms with Crippen molar-refractivity contribution < 1.29 is 9.18 Å². The van der Waals surface area contributed by atoms with Gasteiger partial charge >= 0.3 is 0 Å². The topological polar surface area (TPSA) is 29.1 Å². The molecule has 2 rings (SSSR count). The smallest absolute Gasteiger partial charge is 0.234 e. The Kier molecular flexibility index (Phi) is 5.44. The van der Waals surface area contributed by atoms with E-state index in [1.165, 1.54) is 23.9 Å². The number of thioether (sulfide) groups is 1. The highest BCUT2D eigenvalue weighted by molar-refractivity contribution is 7.99. The lowest BCUT2D eigenvalue weighted by molar-refractivity contribution is -0.113. The third-order valence-electron chi connectivity index (χ3n) is 2.56. The number of hydrogen-bond donors (Lipinski definition) is 1. The Morgan fingerprint density at radius 1 is 1.20 bits per heavy atom. The highest BCUT2D eigenvalue weighted by Crippen LogP contribution is 2.22. The fourth-order valence-electron chi connectivity index (χ4n) is 1.61. The van der Waals surface area contributed by atoms with E-state index in [9.17, 15) is 9.18 Å². The summed E-state index contributed by atoms with van der Waals surface area (Å²) in [7, 11) is 0. The average Bonchev–Trinajstić information content (AvgIpc) is 2.42. The monoisotopic (exact) mass is 309 g/mol. The molecule has 1 N–H and O–H groups in total. The Hall–Kier alpha value is -1.52. The van der Waals surface area contributed by atoms with Crippen molar-refractivity contribution in [2.75, 3.05) is 11.1 Å². The number of para-hydroxylation sites is 1. The van der Waals surface area contributed by atoms with E-state index in [2.05, 4.69) is 5.32 Å². The molecule has 2 aromatic rings. The zero-order chi connectivity index (χ0) is 14.4. The Morgan fingerprint density at radius 2 is 1.95 bits per heavy atom. The molecular weight excluding hydrogens is 297 g/mol. The van der Waals surface area contributed by atoms with E-state index in [0.717, 1.165) is 11.3 Å². The van der Waals surface area contributed by atoms with Crippen LogP contribution >= 0.6 is 23.4 Å². The van der Waals surface area contributed by atoms with Crippen LogP contribution in [0.15, 0.2) is 48.5 Å². The van der Waals surface area contributed by atoms with Gasteiger partial charge in [0, 0.05) is 16.5 Å². The second kappa shape index (κ2) is 7.31. The zero-order valence-corrected chi connectivity index (χ0v) is 12.2. The van der Waals surface area contributed by atoms with Crippen molar-refractivity contribution in [3.63, 3.8) is 0 Å². The van der Waals surface area contributed by atoms with Gasteiger partial charge in [0.1, 0.15) is 5.82 Å². The quantitative estimate of drug-likeness (QED) is 0.889. The molecule has 0 radical (unpaired) electrons. The second-order valence-corrected chi connectivity index (χ2v) is 5.54. The number of nitrogens with one attached hydrogen (secondary N) is 1. The number of halogens is 2. The lowest BCUT2D eigenvalue weighted by Gasteiger charge is -2.06. The van der Waals surface area contributed by atoms with Crippen molar-refractivity contribution in [3.8, 4) is 0 Å². The SMILES string of the molecule is O=C(CSCc1ccc(F)cc1Cl)Nc1ccccc1. The van der Waals surface area contributed by atoms with E-state index in [-0.39, 0.29) is 11.7 Å². The van der Waals surface area contributed by atoms with Gasteiger partial charge in [-0.05, 0) is 29.8 Å². The first kappa shape index (κ1) is 14.9. The van der Waals surface area contributed by atoms with Crippen molar-refractivity contribution in [3.05, 3.63) is 64.9 Å². The third-order valence-corrected chi connectivity index (χ3v) is 3.90. The number of carbonyl (C=O) groups is 1. The van der Waals surface area contributed by atoms with E-state index in [0.29, 0.717) is 16.5 Å². The van der Waals surface area contributed by atoms with Crippen LogP contribution in [-0.2, 0) is 10.5 Å². The van der Waals surface area contributed by atoms with Crippen LogP contribution < -0.4 is 5.32 Å². The second-order valence-electron chi connectivity index (χ2n) is 4.14. The fraction of sp³-hybridized carbons (Fsp3) is 0.133. The molecule has 20 heavy (non-hydrogen) atoms. The molecule has 5 heteroatoms. The lowest BCUT2D eigenvalue weighted by atomic mass is 10.2. The van der Waals surface area contributed by atoms with Crippen molar-refractivity contribution in [1.82, 2.24) is 0 Å². The molecule has 0 aliphatic carbocycles. The molecule has 0 atom stereocenters. The van der Waals surface area contributed by atoms with E-state index < -0.39 is 0 Å². The molecule has 0 saturated carbocycles. The molecule has 0 spiro atoms. The molecule has 0 aliphatic heterocycles. The molecule has 0 aromatic heterocycles. The van der Waals surface area contributed by atoms with E-state index >= 15 is 0 Å². The number of amides is 1. The fourth-order valence-corrected chi connectivity index (χ4v) is 2.76. The maximum Gasteiger partial charge on any atom is 0.234 e. The first-order chi connectivity index (χ1) is 9.65. The molecule has 0 unspecified atom stereocenters. The first-order valence-electron chi connectivity index (χ1n) is 6.02. The Bertz CT molecular complexity index is 592. The Balaban J connectivity index is 1.79. The molecule has 0 aliphatic rings. The van der Waals surface area contributed by atoms with E-state index in [4.69, 9.17) is 11.6 Å². The summed E-state index contributed by atoms with van der Waals surface area (Å²) >= 11 is 7.36. The van der Waals surface area contributed by atoms with Gasteiger partial charge in [0.2, 0.25) is 5.91 Å². The third kappa shape index (κ3) is 4.54. The van der Waals surface area contributed by atoms with Crippen molar-refractivity contribution in [2.45, 2.75) is 5.75 Å². The molecule has 104 valence electrons. The van der Waals surface area contributed by atoms with Crippen LogP contribution in [0.1, 0.15) is 5.56 Å². The average molecular weight is 310 g/mol. The van der Waals surface area contributed by atoms with Gasteiger partial charge in [-0.2, -0.15) is 0 Å². The van der Waals surface area contributed by atoms with Crippen molar-refractivity contribution >= 4 is 35.0 Å².